The number of benzene rings is 2. The van der Waals surface area contributed by atoms with E-state index in [1.54, 1.807) is 0 Å². The number of rotatable bonds is 5. The highest BCUT2D eigenvalue weighted by Crippen LogP contribution is 2.19. The lowest BCUT2D eigenvalue weighted by Crippen LogP contribution is -2.21. The third kappa shape index (κ3) is 3.63. The second-order valence-corrected chi connectivity index (χ2v) is 4.25. The fraction of sp³-hybridized carbons (Fsp3) is 0.0667. The Kier molecular flexibility index (Phi) is 4.77. The molecule has 0 fully saturated rings. The number of nitrogens with one attached hydrogen (secondary N) is 1. The molecule has 114 valence electrons. The van der Waals surface area contributed by atoms with E-state index in [4.69, 9.17) is 4.74 Å². The second-order valence-electron chi connectivity index (χ2n) is 4.25. The molecule has 0 radical (unpaired) electrons. The number of amides is 1. The number of hydrogen-bond acceptors (Lipinski definition) is 3. The zero-order valence-electron chi connectivity index (χ0n) is 11.1. The fourth-order valence-corrected chi connectivity index (χ4v) is 1.60. The Balaban J connectivity index is 1.95. The molecular formula is C15H10F3NO3. The van der Waals surface area contributed by atoms with Gasteiger partial charge in [0, 0.05) is 5.56 Å². The van der Waals surface area contributed by atoms with Gasteiger partial charge in [0.1, 0.15) is 12.0 Å². The van der Waals surface area contributed by atoms with Crippen LogP contribution in [0.4, 0.5) is 18.9 Å². The molecule has 0 aromatic heterocycles. The van der Waals surface area contributed by atoms with Gasteiger partial charge in [-0.3, -0.25) is 9.59 Å². The molecule has 0 aliphatic carbocycles. The molecule has 0 unspecified atom stereocenters. The lowest BCUT2D eigenvalue weighted by Gasteiger charge is -2.09. The number of halogens is 3. The van der Waals surface area contributed by atoms with Gasteiger partial charge in [-0.15, -0.1) is 0 Å². The van der Waals surface area contributed by atoms with E-state index in [2.05, 4.69) is 5.32 Å². The first-order valence-electron chi connectivity index (χ1n) is 6.12. The molecule has 1 amide bonds. The lowest BCUT2D eigenvalue weighted by molar-refractivity contribution is -0.118. The molecule has 7 heteroatoms. The van der Waals surface area contributed by atoms with E-state index in [1.807, 2.05) is 0 Å². The number of anilines is 1. The van der Waals surface area contributed by atoms with Gasteiger partial charge in [-0.2, -0.15) is 0 Å². The van der Waals surface area contributed by atoms with Crippen molar-refractivity contribution < 1.29 is 27.5 Å². The van der Waals surface area contributed by atoms with Gasteiger partial charge in [0.15, 0.2) is 24.1 Å². The van der Waals surface area contributed by atoms with Crippen LogP contribution in [0.1, 0.15) is 10.4 Å². The van der Waals surface area contributed by atoms with Crippen LogP contribution in [0.5, 0.6) is 5.75 Å². The van der Waals surface area contributed by atoms with Crippen molar-refractivity contribution in [3.05, 3.63) is 59.4 Å². The number of ether oxygens (including phenoxy) is 1. The third-order valence-corrected chi connectivity index (χ3v) is 2.70. The van der Waals surface area contributed by atoms with Crippen molar-refractivity contribution in [2.45, 2.75) is 0 Å². The molecule has 0 saturated carbocycles. The molecule has 0 spiro atoms. The first-order chi connectivity index (χ1) is 10.5. The summed E-state index contributed by atoms with van der Waals surface area (Å²) in [6.07, 6.45) is 0.655. The summed E-state index contributed by atoms with van der Waals surface area (Å²) in [6.45, 7) is -0.459. The summed E-state index contributed by atoms with van der Waals surface area (Å²) < 4.78 is 44.2. The van der Waals surface area contributed by atoms with E-state index in [0.29, 0.717) is 23.7 Å². The molecule has 0 aliphatic heterocycles. The van der Waals surface area contributed by atoms with Crippen LogP contribution < -0.4 is 10.1 Å². The molecule has 2 rings (SSSR count). The van der Waals surface area contributed by atoms with E-state index >= 15 is 0 Å². The number of carbonyl (C=O) groups is 2. The summed E-state index contributed by atoms with van der Waals surface area (Å²) in [7, 11) is 0. The van der Waals surface area contributed by atoms with Crippen LogP contribution in [-0.4, -0.2) is 18.8 Å². The molecule has 0 heterocycles. The average Bonchev–Trinajstić information content (AvgIpc) is 2.54. The molecule has 22 heavy (non-hydrogen) atoms. The van der Waals surface area contributed by atoms with Gasteiger partial charge in [-0.05, 0) is 36.4 Å². The Morgan fingerprint density at radius 1 is 1.05 bits per heavy atom. The average molecular weight is 309 g/mol. The van der Waals surface area contributed by atoms with Crippen molar-refractivity contribution in [2.75, 3.05) is 11.9 Å². The summed E-state index contributed by atoms with van der Waals surface area (Å²) in [5.74, 6) is -4.91. The number of carbonyl (C=O) groups excluding carboxylic acids is 2. The second kappa shape index (κ2) is 6.75. The van der Waals surface area contributed by atoms with E-state index in [9.17, 15) is 22.8 Å². The van der Waals surface area contributed by atoms with Crippen LogP contribution in [0, 0.1) is 17.5 Å². The van der Waals surface area contributed by atoms with Gasteiger partial charge in [0.25, 0.3) is 5.91 Å². The summed E-state index contributed by atoms with van der Waals surface area (Å²) in [5.41, 5.74) is -0.0375. The zero-order valence-corrected chi connectivity index (χ0v) is 11.1. The molecule has 2 aromatic rings. The highest BCUT2D eigenvalue weighted by atomic mass is 19.2. The van der Waals surface area contributed by atoms with Gasteiger partial charge < -0.3 is 10.1 Å². The minimum atomic E-state index is -1.66. The van der Waals surface area contributed by atoms with E-state index in [0.717, 1.165) is 6.07 Å². The summed E-state index contributed by atoms with van der Waals surface area (Å²) >= 11 is 0. The maximum absolute atomic E-state index is 13.4. The van der Waals surface area contributed by atoms with Crippen molar-refractivity contribution in [1.29, 1.82) is 0 Å². The molecule has 0 atom stereocenters. The third-order valence-electron chi connectivity index (χ3n) is 2.70. The van der Waals surface area contributed by atoms with E-state index < -0.39 is 35.7 Å². The van der Waals surface area contributed by atoms with Gasteiger partial charge in [-0.1, -0.05) is 0 Å². The Labute approximate surface area is 123 Å². The Hall–Kier alpha value is -2.83. The van der Waals surface area contributed by atoms with Crippen molar-refractivity contribution in [3.63, 3.8) is 0 Å². The predicted octanol–water partition coefficient (Wildman–Crippen LogP) is 2.93. The molecule has 0 aliphatic rings. The van der Waals surface area contributed by atoms with Crippen molar-refractivity contribution >= 4 is 17.9 Å². The minimum absolute atomic E-state index is 0.325. The van der Waals surface area contributed by atoms with Crippen molar-refractivity contribution in [1.82, 2.24) is 0 Å². The smallest absolute Gasteiger partial charge is 0.262 e. The van der Waals surface area contributed by atoms with Gasteiger partial charge in [0.2, 0.25) is 0 Å². The quantitative estimate of drug-likeness (QED) is 0.682. The summed E-state index contributed by atoms with van der Waals surface area (Å²) in [4.78, 5) is 22.1. The maximum Gasteiger partial charge on any atom is 0.262 e. The Morgan fingerprint density at radius 3 is 2.36 bits per heavy atom. The van der Waals surface area contributed by atoms with Crippen molar-refractivity contribution in [3.8, 4) is 5.75 Å². The normalized spacial score (nSPS) is 10.1. The predicted molar refractivity (Wildman–Crippen MR) is 72.3 cm³/mol. The molecule has 1 N–H and O–H groups in total. The standard InChI is InChI=1S/C15H10F3NO3/c16-11-5-6-12(15(18)14(11)17)19-13(21)8-22-10-3-1-9(7-20)2-4-10/h1-7H,8H2,(H,19,21). The minimum Gasteiger partial charge on any atom is -0.484 e. The molecule has 0 bridgehead atoms. The van der Waals surface area contributed by atoms with Crippen LogP contribution in [0.3, 0.4) is 0 Å². The van der Waals surface area contributed by atoms with E-state index in [1.165, 1.54) is 24.3 Å². The van der Waals surface area contributed by atoms with Crippen molar-refractivity contribution in [2.24, 2.45) is 0 Å². The van der Waals surface area contributed by atoms with Crippen LogP contribution in [-0.2, 0) is 4.79 Å². The molecule has 0 saturated heterocycles. The Bertz CT molecular complexity index is 702. The first kappa shape index (κ1) is 15.6. The Morgan fingerprint density at radius 2 is 1.73 bits per heavy atom. The summed E-state index contributed by atoms with van der Waals surface area (Å²) in [6, 6.07) is 7.56. The van der Waals surface area contributed by atoms with Crippen LogP contribution >= 0.6 is 0 Å². The molecule has 4 nitrogen and oxygen atoms in total. The van der Waals surface area contributed by atoms with E-state index in [-0.39, 0.29) is 0 Å². The van der Waals surface area contributed by atoms with Crippen LogP contribution in [0.25, 0.3) is 0 Å². The molecule has 2 aromatic carbocycles. The topological polar surface area (TPSA) is 55.4 Å². The lowest BCUT2D eigenvalue weighted by atomic mass is 10.2. The highest BCUT2D eigenvalue weighted by Gasteiger charge is 2.15. The van der Waals surface area contributed by atoms with Crippen LogP contribution in [0.15, 0.2) is 36.4 Å². The first-order valence-corrected chi connectivity index (χ1v) is 6.12. The fourth-order valence-electron chi connectivity index (χ4n) is 1.60. The maximum atomic E-state index is 13.4. The largest absolute Gasteiger partial charge is 0.484 e. The summed E-state index contributed by atoms with van der Waals surface area (Å²) in [5, 5.41) is 2.07. The van der Waals surface area contributed by atoms with Gasteiger partial charge >= 0.3 is 0 Å². The monoisotopic (exact) mass is 309 g/mol. The zero-order chi connectivity index (χ0) is 16.1. The van der Waals surface area contributed by atoms with Crippen LogP contribution in [0.2, 0.25) is 0 Å². The molecular weight excluding hydrogens is 299 g/mol. The SMILES string of the molecule is O=Cc1ccc(OCC(=O)Nc2ccc(F)c(F)c2F)cc1. The number of hydrogen-bond donors (Lipinski definition) is 1. The van der Waals surface area contributed by atoms with Gasteiger partial charge in [-0.25, -0.2) is 13.2 Å². The highest BCUT2D eigenvalue weighted by molar-refractivity contribution is 5.92. The van der Waals surface area contributed by atoms with Gasteiger partial charge in [0.05, 0.1) is 5.69 Å². The number of aldehydes is 1.